The summed E-state index contributed by atoms with van der Waals surface area (Å²) in [6, 6.07) is 10.5. The van der Waals surface area contributed by atoms with Crippen molar-refractivity contribution in [2.45, 2.75) is 57.8 Å². The summed E-state index contributed by atoms with van der Waals surface area (Å²) in [4.78, 5) is 12.6. The highest BCUT2D eigenvalue weighted by Gasteiger charge is 2.41. The van der Waals surface area contributed by atoms with Gasteiger partial charge in [-0.05, 0) is 50.0 Å². The van der Waals surface area contributed by atoms with Crippen LogP contribution in [-0.2, 0) is 4.79 Å². The van der Waals surface area contributed by atoms with Gasteiger partial charge >= 0.3 is 0 Å². The molecule has 26 heavy (non-hydrogen) atoms. The van der Waals surface area contributed by atoms with Gasteiger partial charge in [0, 0.05) is 5.92 Å². The lowest BCUT2D eigenvalue weighted by molar-refractivity contribution is -0.125. The average molecular weight is 349 g/mol. The Morgan fingerprint density at radius 3 is 2.35 bits per heavy atom. The zero-order valence-electron chi connectivity index (χ0n) is 16.1. The smallest absolute Gasteiger partial charge is 0.143 e. The van der Waals surface area contributed by atoms with Gasteiger partial charge in [-0.3, -0.25) is 4.79 Å². The maximum Gasteiger partial charge on any atom is 0.143 e. The van der Waals surface area contributed by atoms with Gasteiger partial charge in [-0.2, -0.15) is 0 Å². The van der Waals surface area contributed by atoms with Crippen molar-refractivity contribution in [3.63, 3.8) is 0 Å². The number of benzene rings is 1. The molecule has 1 saturated carbocycles. The van der Waals surface area contributed by atoms with Crippen molar-refractivity contribution in [3.05, 3.63) is 72.9 Å². The molecule has 0 aliphatic heterocycles. The van der Waals surface area contributed by atoms with Crippen molar-refractivity contribution in [2.24, 2.45) is 17.3 Å². The van der Waals surface area contributed by atoms with E-state index in [2.05, 4.69) is 55.1 Å². The summed E-state index contributed by atoms with van der Waals surface area (Å²) in [7, 11) is 0. The molecule has 138 valence electrons. The molecule has 0 N–H and O–H groups in total. The van der Waals surface area contributed by atoms with Crippen LogP contribution in [0.5, 0.6) is 0 Å². The Kier molecular flexibility index (Phi) is 6.29. The molecule has 3 rings (SSSR count). The number of hydrogen-bond acceptors (Lipinski definition) is 1. The number of Topliss-reactive ketones (excluding diaryl/α,β-unsaturated/α-hetero) is 1. The molecule has 1 aromatic rings. The Bertz CT molecular complexity index is 645. The third-order valence-electron chi connectivity index (χ3n) is 6.50. The molecule has 2 aliphatic carbocycles. The molecule has 0 spiro atoms. The van der Waals surface area contributed by atoms with Crippen molar-refractivity contribution in [1.29, 1.82) is 0 Å². The lowest BCUT2D eigenvalue weighted by Gasteiger charge is -2.40. The summed E-state index contributed by atoms with van der Waals surface area (Å²) in [5.41, 5.74) is 0.917. The molecule has 0 saturated heterocycles. The van der Waals surface area contributed by atoms with E-state index >= 15 is 0 Å². The van der Waals surface area contributed by atoms with Gasteiger partial charge in [0.2, 0.25) is 0 Å². The molecule has 0 amide bonds. The number of allylic oxidation sites excluding steroid dienone is 5. The Labute approximate surface area is 158 Å². The fourth-order valence-corrected chi connectivity index (χ4v) is 4.82. The molecule has 1 nitrogen and oxygen atoms in total. The van der Waals surface area contributed by atoms with Gasteiger partial charge in [0.25, 0.3) is 0 Å². The lowest BCUT2D eigenvalue weighted by Crippen LogP contribution is -2.37. The normalized spacial score (nSPS) is 30.9. The second-order valence-corrected chi connectivity index (χ2v) is 8.08. The van der Waals surface area contributed by atoms with E-state index in [1.165, 1.54) is 44.1 Å². The van der Waals surface area contributed by atoms with Crippen LogP contribution in [0.1, 0.15) is 63.4 Å². The fourth-order valence-electron chi connectivity index (χ4n) is 4.82. The number of unbranched alkanes of at least 4 members (excludes halogenated alkanes) is 1. The van der Waals surface area contributed by atoms with E-state index in [4.69, 9.17) is 0 Å². The average Bonchev–Trinajstić information content (AvgIpc) is 2.69. The largest absolute Gasteiger partial charge is 0.299 e. The molecule has 0 radical (unpaired) electrons. The van der Waals surface area contributed by atoms with Crippen LogP contribution in [0, 0.1) is 17.3 Å². The minimum atomic E-state index is -0.378. The van der Waals surface area contributed by atoms with Gasteiger partial charge in [0.1, 0.15) is 5.78 Å². The molecule has 1 heteroatoms. The maximum atomic E-state index is 12.6. The molecule has 0 aromatic heterocycles. The number of carbonyl (C=O) groups is 1. The topological polar surface area (TPSA) is 17.1 Å². The van der Waals surface area contributed by atoms with Crippen LogP contribution in [0.2, 0.25) is 0 Å². The lowest BCUT2D eigenvalue weighted by atomic mass is 9.62. The number of ketones is 1. The van der Waals surface area contributed by atoms with Crippen LogP contribution in [-0.4, -0.2) is 5.78 Å². The van der Waals surface area contributed by atoms with Gasteiger partial charge in [0.15, 0.2) is 0 Å². The Morgan fingerprint density at radius 1 is 1.12 bits per heavy atom. The van der Waals surface area contributed by atoms with E-state index in [0.29, 0.717) is 17.6 Å². The van der Waals surface area contributed by atoms with Crippen molar-refractivity contribution >= 4 is 5.78 Å². The van der Waals surface area contributed by atoms with Crippen LogP contribution < -0.4 is 0 Å². The standard InChI is InChI=1S/C25H32O/c1-3-4-6-9-21-12-14-24(15-13-21)25(20(2)26)18-16-23(17-19-25)22-10-7-5-8-11-22/h3,5,7-8,10-11,16-19,21,23-24H,1,4,6,9,12-15H2,2H3. The van der Waals surface area contributed by atoms with Crippen LogP contribution in [0.15, 0.2) is 67.3 Å². The summed E-state index contributed by atoms with van der Waals surface area (Å²) in [6.07, 6.45) is 19.5. The minimum Gasteiger partial charge on any atom is -0.299 e. The number of hydrogen-bond donors (Lipinski definition) is 0. The first-order chi connectivity index (χ1) is 12.7. The quantitative estimate of drug-likeness (QED) is 0.399. The van der Waals surface area contributed by atoms with Gasteiger partial charge in [-0.1, -0.05) is 80.0 Å². The summed E-state index contributed by atoms with van der Waals surface area (Å²) in [6.45, 7) is 5.59. The highest BCUT2D eigenvalue weighted by molar-refractivity contribution is 5.87. The highest BCUT2D eigenvalue weighted by atomic mass is 16.1. The summed E-state index contributed by atoms with van der Waals surface area (Å²) < 4.78 is 0. The molecular weight excluding hydrogens is 316 g/mol. The number of rotatable bonds is 7. The third-order valence-corrected chi connectivity index (χ3v) is 6.50. The molecule has 1 aromatic carbocycles. The van der Waals surface area contributed by atoms with Crippen LogP contribution >= 0.6 is 0 Å². The van der Waals surface area contributed by atoms with E-state index in [0.717, 1.165) is 12.3 Å². The van der Waals surface area contributed by atoms with Crippen LogP contribution in [0.25, 0.3) is 0 Å². The molecule has 2 aliphatic rings. The van der Waals surface area contributed by atoms with E-state index in [1.54, 1.807) is 6.92 Å². The Morgan fingerprint density at radius 2 is 1.77 bits per heavy atom. The monoisotopic (exact) mass is 348 g/mol. The first-order valence-electron chi connectivity index (χ1n) is 10.2. The van der Waals surface area contributed by atoms with Crippen molar-refractivity contribution < 1.29 is 4.79 Å². The summed E-state index contributed by atoms with van der Waals surface area (Å²) in [5, 5.41) is 0. The van der Waals surface area contributed by atoms with E-state index in [9.17, 15) is 4.79 Å². The van der Waals surface area contributed by atoms with E-state index in [1.807, 2.05) is 12.1 Å². The van der Waals surface area contributed by atoms with Crippen molar-refractivity contribution in [2.75, 3.05) is 0 Å². The molecule has 1 fully saturated rings. The maximum absolute atomic E-state index is 12.6. The molecule has 0 heterocycles. The van der Waals surface area contributed by atoms with E-state index < -0.39 is 0 Å². The highest BCUT2D eigenvalue weighted by Crippen LogP contribution is 2.46. The molecule has 0 atom stereocenters. The van der Waals surface area contributed by atoms with Crippen molar-refractivity contribution in [3.8, 4) is 0 Å². The zero-order valence-corrected chi connectivity index (χ0v) is 16.1. The summed E-state index contributed by atoms with van der Waals surface area (Å²) in [5.74, 6) is 1.88. The second-order valence-electron chi connectivity index (χ2n) is 8.08. The van der Waals surface area contributed by atoms with Gasteiger partial charge in [0.05, 0.1) is 5.41 Å². The Hall–Kier alpha value is -1.89. The first kappa shape index (κ1) is 18.9. The van der Waals surface area contributed by atoms with E-state index in [-0.39, 0.29) is 5.41 Å². The predicted molar refractivity (Wildman–Crippen MR) is 110 cm³/mol. The van der Waals surface area contributed by atoms with Crippen molar-refractivity contribution in [1.82, 2.24) is 0 Å². The molecular formula is C25H32O. The minimum absolute atomic E-state index is 0.291. The first-order valence-corrected chi connectivity index (χ1v) is 10.2. The predicted octanol–water partition coefficient (Wildman–Crippen LogP) is 6.63. The van der Waals surface area contributed by atoms with Gasteiger partial charge in [-0.15, -0.1) is 6.58 Å². The summed E-state index contributed by atoms with van der Waals surface area (Å²) >= 11 is 0. The number of carbonyl (C=O) groups excluding carboxylic acids is 1. The third kappa shape index (κ3) is 4.09. The Balaban J connectivity index is 1.66. The zero-order chi connectivity index (χ0) is 18.4. The fraction of sp³-hybridized carbons (Fsp3) is 0.480. The SMILES string of the molecule is C=CCCCC1CCC(C2(C(C)=O)C=CC(c3ccccc3)C=C2)CC1. The van der Waals surface area contributed by atoms with Crippen LogP contribution in [0.3, 0.4) is 0 Å². The second kappa shape index (κ2) is 8.66. The molecule has 0 bridgehead atoms. The van der Waals surface area contributed by atoms with Gasteiger partial charge < -0.3 is 0 Å². The van der Waals surface area contributed by atoms with Crippen LogP contribution in [0.4, 0.5) is 0 Å². The molecule has 0 unspecified atom stereocenters. The van der Waals surface area contributed by atoms with Gasteiger partial charge in [-0.25, -0.2) is 0 Å².